The Bertz CT molecular complexity index is 660. The Morgan fingerprint density at radius 2 is 1.87 bits per heavy atom. The van der Waals surface area contributed by atoms with Crippen molar-refractivity contribution in [3.8, 4) is 0 Å². The van der Waals surface area contributed by atoms with Gasteiger partial charge in [-0.1, -0.05) is 12.2 Å². The fourth-order valence-corrected chi connectivity index (χ4v) is 4.71. The van der Waals surface area contributed by atoms with Crippen LogP contribution >= 0.6 is 0 Å². The van der Waals surface area contributed by atoms with Crippen molar-refractivity contribution in [1.29, 1.82) is 0 Å². The summed E-state index contributed by atoms with van der Waals surface area (Å²) in [6.07, 6.45) is 8.07. The first-order valence-electron chi connectivity index (χ1n) is 11.1. The summed E-state index contributed by atoms with van der Waals surface area (Å²) in [6.45, 7) is 10.2. The molecular weight excluding hydrogens is 382 g/mol. The Balaban J connectivity index is 2.07. The van der Waals surface area contributed by atoms with Crippen LogP contribution in [0.5, 0.6) is 0 Å². The van der Waals surface area contributed by atoms with Crippen molar-refractivity contribution in [3.05, 3.63) is 25.3 Å². The van der Waals surface area contributed by atoms with E-state index in [1.54, 1.807) is 32.1 Å². The molecule has 1 amide bonds. The predicted octanol–water partition coefficient (Wildman–Crippen LogP) is 3.56. The maximum absolute atomic E-state index is 13.3. The number of ketones is 1. The predicted molar refractivity (Wildman–Crippen MR) is 116 cm³/mol. The number of Topliss-reactive ketones (excluding diaryl/α,β-unsaturated/α-hetero) is 1. The van der Waals surface area contributed by atoms with Crippen molar-refractivity contribution in [2.45, 2.75) is 58.0 Å². The fourth-order valence-electron chi connectivity index (χ4n) is 4.71. The number of esters is 1. The number of carbonyl (C=O) groups excluding carboxylic acids is 3. The van der Waals surface area contributed by atoms with Gasteiger partial charge < -0.3 is 14.4 Å². The van der Waals surface area contributed by atoms with Crippen LogP contribution in [0.15, 0.2) is 25.3 Å². The Morgan fingerprint density at radius 1 is 1.17 bits per heavy atom. The minimum atomic E-state index is -0.801. The minimum Gasteiger partial charge on any atom is -0.466 e. The summed E-state index contributed by atoms with van der Waals surface area (Å²) >= 11 is 0. The molecule has 0 bridgehead atoms. The lowest BCUT2D eigenvalue weighted by Gasteiger charge is -2.25. The molecule has 6 nitrogen and oxygen atoms in total. The Labute approximate surface area is 180 Å². The number of hydrogen-bond acceptors (Lipinski definition) is 5. The zero-order chi connectivity index (χ0) is 22.3. The molecule has 30 heavy (non-hydrogen) atoms. The van der Waals surface area contributed by atoms with Crippen LogP contribution in [0.1, 0.15) is 51.9 Å². The molecule has 2 aliphatic carbocycles. The van der Waals surface area contributed by atoms with E-state index in [0.29, 0.717) is 25.8 Å². The van der Waals surface area contributed by atoms with Crippen LogP contribution in [0.25, 0.3) is 0 Å². The van der Waals surface area contributed by atoms with Gasteiger partial charge in [-0.3, -0.25) is 14.4 Å². The van der Waals surface area contributed by atoms with Crippen LogP contribution in [0, 0.1) is 23.2 Å². The molecule has 0 unspecified atom stereocenters. The first-order chi connectivity index (χ1) is 14.3. The van der Waals surface area contributed by atoms with Crippen molar-refractivity contribution >= 4 is 17.7 Å². The number of unbranched alkanes of at least 4 members (excludes halogenated alkanes) is 2. The van der Waals surface area contributed by atoms with E-state index >= 15 is 0 Å². The van der Waals surface area contributed by atoms with Crippen molar-refractivity contribution in [3.63, 3.8) is 0 Å². The number of rotatable bonds is 13. The second kappa shape index (κ2) is 10.9. The lowest BCUT2D eigenvalue weighted by atomic mass is 9.84. The van der Waals surface area contributed by atoms with E-state index in [1.807, 2.05) is 6.08 Å². The highest BCUT2D eigenvalue weighted by molar-refractivity contribution is 5.94. The summed E-state index contributed by atoms with van der Waals surface area (Å²) < 4.78 is 10.7. The molecule has 2 fully saturated rings. The molecule has 6 heteroatoms. The van der Waals surface area contributed by atoms with Gasteiger partial charge in [0.25, 0.3) is 0 Å². The molecule has 0 radical (unpaired) electrons. The summed E-state index contributed by atoms with van der Waals surface area (Å²) in [5, 5.41) is 0. The molecule has 0 aromatic carbocycles. The number of carbonyl (C=O) groups is 3. The second-order valence-electron chi connectivity index (χ2n) is 8.65. The van der Waals surface area contributed by atoms with Crippen LogP contribution in [-0.2, 0) is 23.9 Å². The first kappa shape index (κ1) is 24.3. The van der Waals surface area contributed by atoms with Crippen LogP contribution in [0.3, 0.4) is 0 Å². The number of amides is 1. The smallest absolute Gasteiger partial charge is 0.313 e. The molecule has 2 aliphatic rings. The lowest BCUT2D eigenvalue weighted by Crippen LogP contribution is -2.38. The zero-order valence-corrected chi connectivity index (χ0v) is 18.7. The summed E-state index contributed by atoms with van der Waals surface area (Å²) in [5.74, 6) is -1.23. The number of allylic oxidation sites excluding steroid dienone is 2. The SMILES string of the molecule is C=CCCCCN(C)C(=O)[C@@H]1C[C@H](OC)C[C@H]1C(=O)C[C@]1(C(=O)OCC)C[C@H]1C=C. The Morgan fingerprint density at radius 3 is 2.43 bits per heavy atom. The minimum absolute atomic E-state index is 0.00671. The topological polar surface area (TPSA) is 72.9 Å². The molecule has 168 valence electrons. The lowest BCUT2D eigenvalue weighted by molar-refractivity contribution is -0.152. The maximum atomic E-state index is 13.3. The van der Waals surface area contributed by atoms with Crippen LogP contribution in [-0.4, -0.2) is 56.0 Å². The zero-order valence-electron chi connectivity index (χ0n) is 18.7. The quantitative estimate of drug-likeness (QED) is 0.259. The average molecular weight is 420 g/mol. The summed E-state index contributed by atoms with van der Waals surface area (Å²) in [5.41, 5.74) is -0.801. The third-order valence-corrected chi connectivity index (χ3v) is 6.70. The molecular formula is C24H37NO5. The molecule has 0 spiro atoms. The number of nitrogens with zero attached hydrogens (tertiary/aromatic N) is 1. The molecule has 0 aromatic heterocycles. The summed E-state index contributed by atoms with van der Waals surface area (Å²) in [4.78, 5) is 40.7. The second-order valence-corrected chi connectivity index (χ2v) is 8.65. The molecule has 2 saturated carbocycles. The molecule has 0 aliphatic heterocycles. The van der Waals surface area contributed by atoms with Gasteiger partial charge in [-0.2, -0.15) is 0 Å². The largest absolute Gasteiger partial charge is 0.466 e. The van der Waals surface area contributed by atoms with Crippen molar-refractivity contribution in [1.82, 2.24) is 4.90 Å². The Kier molecular flexibility index (Phi) is 8.83. The van der Waals surface area contributed by atoms with Crippen molar-refractivity contribution in [2.24, 2.45) is 23.2 Å². The van der Waals surface area contributed by atoms with E-state index in [2.05, 4.69) is 13.2 Å². The standard InChI is InChI=1S/C24H37NO5/c1-6-9-10-11-12-25(4)22(27)20-14-18(29-5)13-19(20)21(26)16-24(15-17(24)7-2)23(28)30-8-3/h6-7,17-20H,1-2,8-16H2,3-5H3/t17-,18-,19-,20-,24-/m1/s1. The van der Waals surface area contributed by atoms with Crippen molar-refractivity contribution < 1.29 is 23.9 Å². The van der Waals surface area contributed by atoms with E-state index < -0.39 is 17.3 Å². The van der Waals surface area contributed by atoms with E-state index in [0.717, 1.165) is 19.3 Å². The van der Waals surface area contributed by atoms with Gasteiger partial charge >= 0.3 is 5.97 Å². The van der Waals surface area contributed by atoms with Gasteiger partial charge in [0.1, 0.15) is 5.78 Å². The van der Waals surface area contributed by atoms with Gasteiger partial charge in [-0.15, -0.1) is 13.2 Å². The van der Waals surface area contributed by atoms with Gasteiger partial charge in [-0.05, 0) is 51.4 Å². The first-order valence-corrected chi connectivity index (χ1v) is 11.1. The van der Waals surface area contributed by atoms with Gasteiger partial charge in [0, 0.05) is 33.0 Å². The van der Waals surface area contributed by atoms with E-state index in [-0.39, 0.29) is 42.7 Å². The third kappa shape index (κ3) is 5.39. The van der Waals surface area contributed by atoms with Crippen molar-refractivity contribution in [2.75, 3.05) is 27.3 Å². The van der Waals surface area contributed by atoms with E-state index in [4.69, 9.17) is 9.47 Å². The van der Waals surface area contributed by atoms with Gasteiger partial charge in [0.2, 0.25) is 5.91 Å². The van der Waals surface area contributed by atoms with E-state index in [1.165, 1.54) is 0 Å². The molecule has 0 aromatic rings. The number of ether oxygens (including phenoxy) is 2. The normalized spacial score (nSPS) is 29.8. The summed E-state index contributed by atoms with van der Waals surface area (Å²) in [6, 6.07) is 0. The van der Waals surface area contributed by atoms with Gasteiger partial charge in [-0.25, -0.2) is 0 Å². The van der Waals surface area contributed by atoms with Crippen LogP contribution < -0.4 is 0 Å². The van der Waals surface area contributed by atoms with E-state index in [9.17, 15) is 14.4 Å². The van der Waals surface area contributed by atoms with Crippen LogP contribution in [0.2, 0.25) is 0 Å². The summed E-state index contributed by atoms with van der Waals surface area (Å²) in [7, 11) is 3.42. The van der Waals surface area contributed by atoms with Gasteiger partial charge in [0.15, 0.2) is 0 Å². The Hall–Kier alpha value is -1.95. The molecule has 0 heterocycles. The average Bonchev–Trinajstić information content (AvgIpc) is 3.28. The molecule has 0 N–H and O–H groups in total. The molecule has 2 rings (SSSR count). The fraction of sp³-hybridized carbons (Fsp3) is 0.708. The highest BCUT2D eigenvalue weighted by atomic mass is 16.5. The maximum Gasteiger partial charge on any atom is 0.313 e. The third-order valence-electron chi connectivity index (χ3n) is 6.70. The number of hydrogen-bond donors (Lipinski definition) is 0. The highest BCUT2D eigenvalue weighted by Crippen LogP contribution is 2.58. The van der Waals surface area contributed by atoms with Gasteiger partial charge in [0.05, 0.1) is 24.0 Å². The molecule has 0 saturated heterocycles. The number of methoxy groups -OCH3 is 1. The highest BCUT2D eigenvalue weighted by Gasteiger charge is 2.61. The van der Waals surface area contributed by atoms with Crippen LogP contribution in [0.4, 0.5) is 0 Å². The monoisotopic (exact) mass is 419 g/mol. The molecule has 5 atom stereocenters.